The van der Waals surface area contributed by atoms with E-state index in [-0.39, 0.29) is 5.91 Å². The molecule has 0 saturated heterocycles. The maximum Gasteiger partial charge on any atom is 0.223 e. The Labute approximate surface area is 105 Å². The van der Waals surface area contributed by atoms with Crippen LogP contribution in [0.2, 0.25) is 0 Å². The SMILES string of the molecule is C=CN(CCCc1ccccc1Br)C(C)=O. The fourth-order valence-corrected chi connectivity index (χ4v) is 2.00. The minimum atomic E-state index is 0.0436. The maximum absolute atomic E-state index is 11.1. The van der Waals surface area contributed by atoms with E-state index in [0.717, 1.165) is 23.9 Å². The van der Waals surface area contributed by atoms with Gasteiger partial charge in [-0.25, -0.2) is 0 Å². The van der Waals surface area contributed by atoms with Crippen molar-refractivity contribution in [2.24, 2.45) is 0 Å². The number of halogens is 1. The van der Waals surface area contributed by atoms with Crippen molar-refractivity contribution < 1.29 is 4.79 Å². The monoisotopic (exact) mass is 281 g/mol. The Kier molecular flexibility index (Phi) is 5.26. The van der Waals surface area contributed by atoms with Crippen LogP contribution in [0.1, 0.15) is 18.9 Å². The van der Waals surface area contributed by atoms with Crippen LogP contribution in [0.5, 0.6) is 0 Å². The van der Waals surface area contributed by atoms with Gasteiger partial charge in [-0.3, -0.25) is 4.79 Å². The molecule has 0 aromatic heterocycles. The van der Waals surface area contributed by atoms with E-state index in [4.69, 9.17) is 0 Å². The average molecular weight is 282 g/mol. The largest absolute Gasteiger partial charge is 0.320 e. The highest BCUT2D eigenvalue weighted by Gasteiger charge is 2.04. The molecule has 0 atom stereocenters. The van der Waals surface area contributed by atoms with Gasteiger partial charge >= 0.3 is 0 Å². The van der Waals surface area contributed by atoms with E-state index >= 15 is 0 Å². The average Bonchev–Trinajstić information content (AvgIpc) is 2.26. The predicted octanol–water partition coefficient (Wildman–Crippen LogP) is 3.37. The number of benzene rings is 1. The minimum Gasteiger partial charge on any atom is -0.320 e. The van der Waals surface area contributed by atoms with Crippen LogP contribution in [-0.2, 0) is 11.2 Å². The molecule has 0 saturated carbocycles. The molecular formula is C13H16BrNO. The first-order valence-corrected chi connectivity index (χ1v) is 6.07. The molecule has 0 aliphatic heterocycles. The second-order valence-corrected chi connectivity index (χ2v) is 4.44. The summed E-state index contributed by atoms with van der Waals surface area (Å²) in [6, 6.07) is 8.15. The highest BCUT2D eigenvalue weighted by atomic mass is 79.9. The maximum atomic E-state index is 11.1. The molecule has 0 radical (unpaired) electrons. The molecule has 1 aromatic rings. The number of carbonyl (C=O) groups excluding carboxylic acids is 1. The molecule has 0 heterocycles. The van der Waals surface area contributed by atoms with E-state index in [1.165, 1.54) is 5.56 Å². The topological polar surface area (TPSA) is 20.3 Å². The van der Waals surface area contributed by atoms with Crippen molar-refractivity contribution in [1.29, 1.82) is 0 Å². The number of hydrogen-bond donors (Lipinski definition) is 0. The van der Waals surface area contributed by atoms with Crippen molar-refractivity contribution >= 4 is 21.8 Å². The van der Waals surface area contributed by atoms with E-state index < -0.39 is 0 Å². The Balaban J connectivity index is 2.44. The fraction of sp³-hybridized carbons (Fsp3) is 0.308. The Morgan fingerprint density at radius 2 is 2.19 bits per heavy atom. The van der Waals surface area contributed by atoms with Gasteiger partial charge in [-0.1, -0.05) is 40.7 Å². The summed E-state index contributed by atoms with van der Waals surface area (Å²) in [5, 5.41) is 0. The van der Waals surface area contributed by atoms with Gasteiger partial charge in [-0.2, -0.15) is 0 Å². The van der Waals surface area contributed by atoms with Gasteiger partial charge in [0.25, 0.3) is 0 Å². The number of carbonyl (C=O) groups is 1. The summed E-state index contributed by atoms with van der Waals surface area (Å²) in [6.45, 7) is 5.90. The van der Waals surface area contributed by atoms with Crippen LogP contribution in [0.15, 0.2) is 41.5 Å². The molecule has 0 fully saturated rings. The zero-order valence-electron chi connectivity index (χ0n) is 9.45. The Hall–Kier alpha value is -1.09. The molecule has 1 aromatic carbocycles. The Morgan fingerprint density at radius 3 is 2.75 bits per heavy atom. The first-order chi connectivity index (χ1) is 7.65. The number of amides is 1. The first kappa shape index (κ1) is 13.0. The van der Waals surface area contributed by atoms with Crippen molar-refractivity contribution in [2.75, 3.05) is 6.54 Å². The van der Waals surface area contributed by atoms with Crippen LogP contribution in [-0.4, -0.2) is 17.4 Å². The van der Waals surface area contributed by atoms with Crippen molar-refractivity contribution in [2.45, 2.75) is 19.8 Å². The molecule has 1 amide bonds. The molecule has 2 nitrogen and oxygen atoms in total. The van der Waals surface area contributed by atoms with E-state index in [1.807, 2.05) is 18.2 Å². The van der Waals surface area contributed by atoms with Gasteiger partial charge in [-0.15, -0.1) is 0 Å². The predicted molar refractivity (Wildman–Crippen MR) is 70.0 cm³/mol. The van der Waals surface area contributed by atoms with E-state index in [9.17, 15) is 4.79 Å². The van der Waals surface area contributed by atoms with Gasteiger partial charge < -0.3 is 4.90 Å². The molecule has 0 unspecified atom stereocenters. The third-order valence-corrected chi connectivity index (χ3v) is 3.20. The van der Waals surface area contributed by atoms with Crippen LogP contribution in [0, 0.1) is 0 Å². The van der Waals surface area contributed by atoms with Crippen LogP contribution < -0.4 is 0 Å². The van der Waals surface area contributed by atoms with Gasteiger partial charge in [0.15, 0.2) is 0 Å². The summed E-state index contributed by atoms with van der Waals surface area (Å²) in [4.78, 5) is 12.8. The third kappa shape index (κ3) is 3.81. The van der Waals surface area contributed by atoms with Gasteiger partial charge in [0.2, 0.25) is 5.91 Å². The lowest BCUT2D eigenvalue weighted by Crippen LogP contribution is -2.23. The van der Waals surface area contributed by atoms with Crippen LogP contribution >= 0.6 is 15.9 Å². The second kappa shape index (κ2) is 6.48. The van der Waals surface area contributed by atoms with Gasteiger partial charge in [0, 0.05) is 17.9 Å². The molecule has 0 bridgehead atoms. The van der Waals surface area contributed by atoms with Gasteiger partial charge in [0.05, 0.1) is 0 Å². The Morgan fingerprint density at radius 1 is 1.50 bits per heavy atom. The summed E-state index contributed by atoms with van der Waals surface area (Å²) >= 11 is 3.51. The lowest BCUT2D eigenvalue weighted by atomic mass is 10.1. The highest BCUT2D eigenvalue weighted by molar-refractivity contribution is 9.10. The van der Waals surface area contributed by atoms with Crippen LogP contribution in [0.4, 0.5) is 0 Å². The fourth-order valence-electron chi connectivity index (χ4n) is 1.52. The molecular weight excluding hydrogens is 266 g/mol. The molecule has 1 rings (SSSR count). The quantitative estimate of drug-likeness (QED) is 0.810. The zero-order chi connectivity index (χ0) is 12.0. The Bertz CT molecular complexity index is 376. The van der Waals surface area contributed by atoms with Crippen molar-refractivity contribution in [3.63, 3.8) is 0 Å². The lowest BCUT2D eigenvalue weighted by Gasteiger charge is -2.15. The third-order valence-electron chi connectivity index (χ3n) is 2.43. The number of rotatable bonds is 5. The summed E-state index contributed by atoms with van der Waals surface area (Å²) in [5.74, 6) is 0.0436. The number of hydrogen-bond acceptors (Lipinski definition) is 1. The lowest BCUT2D eigenvalue weighted by molar-refractivity contribution is -0.126. The van der Waals surface area contributed by atoms with E-state index in [2.05, 4.69) is 28.6 Å². The molecule has 16 heavy (non-hydrogen) atoms. The summed E-state index contributed by atoms with van der Waals surface area (Å²) in [7, 11) is 0. The molecule has 0 N–H and O–H groups in total. The normalized spacial score (nSPS) is 9.88. The number of nitrogens with zero attached hydrogens (tertiary/aromatic N) is 1. The molecule has 0 aliphatic carbocycles. The number of aryl methyl sites for hydroxylation is 1. The smallest absolute Gasteiger partial charge is 0.223 e. The van der Waals surface area contributed by atoms with E-state index in [1.54, 1.807) is 18.0 Å². The zero-order valence-corrected chi connectivity index (χ0v) is 11.0. The van der Waals surface area contributed by atoms with Crippen molar-refractivity contribution in [3.8, 4) is 0 Å². The molecule has 0 aliphatic rings. The van der Waals surface area contributed by atoms with Crippen molar-refractivity contribution in [1.82, 2.24) is 4.90 Å². The van der Waals surface area contributed by atoms with Gasteiger partial charge in [0.1, 0.15) is 0 Å². The van der Waals surface area contributed by atoms with Crippen LogP contribution in [0.25, 0.3) is 0 Å². The standard InChI is InChI=1S/C13H16BrNO/c1-3-15(11(2)16)10-6-8-12-7-4-5-9-13(12)14/h3-5,7,9H,1,6,8,10H2,2H3. The molecule has 0 spiro atoms. The summed E-state index contributed by atoms with van der Waals surface area (Å²) in [6.07, 6.45) is 3.48. The minimum absolute atomic E-state index is 0.0436. The highest BCUT2D eigenvalue weighted by Crippen LogP contribution is 2.17. The van der Waals surface area contributed by atoms with Gasteiger partial charge in [-0.05, 0) is 30.7 Å². The summed E-state index contributed by atoms with van der Waals surface area (Å²) < 4.78 is 1.13. The first-order valence-electron chi connectivity index (χ1n) is 5.28. The van der Waals surface area contributed by atoms with Crippen molar-refractivity contribution in [3.05, 3.63) is 47.1 Å². The van der Waals surface area contributed by atoms with E-state index in [0.29, 0.717) is 0 Å². The van der Waals surface area contributed by atoms with Crippen LogP contribution in [0.3, 0.4) is 0 Å². The summed E-state index contributed by atoms with van der Waals surface area (Å²) in [5.41, 5.74) is 1.27. The second-order valence-electron chi connectivity index (χ2n) is 3.59. The molecule has 3 heteroatoms. The molecule has 86 valence electrons.